The quantitative estimate of drug-likeness (QED) is 0.727. The molecule has 27 heavy (non-hydrogen) atoms. The number of halogens is 1. The van der Waals surface area contributed by atoms with Gasteiger partial charge in [0.25, 0.3) is 0 Å². The van der Waals surface area contributed by atoms with Crippen LogP contribution in [0, 0.1) is 0 Å². The van der Waals surface area contributed by atoms with Crippen molar-refractivity contribution in [3.05, 3.63) is 64.8 Å². The van der Waals surface area contributed by atoms with Gasteiger partial charge in [-0.3, -0.25) is 4.79 Å². The van der Waals surface area contributed by atoms with Crippen LogP contribution in [-0.4, -0.2) is 24.3 Å². The third-order valence-corrected chi connectivity index (χ3v) is 4.53. The van der Waals surface area contributed by atoms with Crippen molar-refractivity contribution in [2.75, 3.05) is 13.2 Å². The summed E-state index contributed by atoms with van der Waals surface area (Å²) in [6.45, 7) is 1.43. The number of benzene rings is 2. The van der Waals surface area contributed by atoms with Crippen molar-refractivity contribution < 1.29 is 18.8 Å². The number of hydrogen-bond donors (Lipinski definition) is 1. The van der Waals surface area contributed by atoms with Crippen LogP contribution in [0.1, 0.15) is 11.3 Å². The predicted molar refractivity (Wildman–Crippen MR) is 99.9 cm³/mol. The SMILES string of the molecule is O=C(Cc1cc(-c2ccc3c(c2)OCCO3)on1)NCc1ccccc1Cl. The summed E-state index contributed by atoms with van der Waals surface area (Å²) in [4.78, 5) is 12.2. The Labute approximate surface area is 161 Å². The number of rotatable bonds is 5. The molecule has 0 fully saturated rings. The molecule has 2 aromatic carbocycles. The second-order valence-corrected chi connectivity index (χ2v) is 6.49. The topological polar surface area (TPSA) is 73.6 Å². The van der Waals surface area contributed by atoms with Crippen molar-refractivity contribution in [1.29, 1.82) is 0 Å². The van der Waals surface area contributed by atoms with Crippen LogP contribution in [0.2, 0.25) is 5.02 Å². The largest absolute Gasteiger partial charge is 0.486 e. The third kappa shape index (κ3) is 4.06. The maximum absolute atomic E-state index is 12.2. The van der Waals surface area contributed by atoms with Crippen LogP contribution in [0.15, 0.2) is 53.1 Å². The zero-order valence-electron chi connectivity index (χ0n) is 14.4. The van der Waals surface area contributed by atoms with Crippen molar-refractivity contribution >= 4 is 17.5 Å². The van der Waals surface area contributed by atoms with Gasteiger partial charge < -0.3 is 19.3 Å². The lowest BCUT2D eigenvalue weighted by Crippen LogP contribution is -2.24. The van der Waals surface area contributed by atoms with Gasteiger partial charge in [0.1, 0.15) is 13.2 Å². The van der Waals surface area contributed by atoms with Gasteiger partial charge in [0.2, 0.25) is 5.91 Å². The van der Waals surface area contributed by atoms with Crippen LogP contribution >= 0.6 is 11.6 Å². The monoisotopic (exact) mass is 384 g/mol. The minimum atomic E-state index is -0.156. The second kappa shape index (κ2) is 7.72. The molecular weight excluding hydrogens is 368 g/mol. The highest BCUT2D eigenvalue weighted by atomic mass is 35.5. The zero-order chi connectivity index (χ0) is 18.6. The highest BCUT2D eigenvalue weighted by Crippen LogP contribution is 2.34. The summed E-state index contributed by atoms with van der Waals surface area (Å²) in [6.07, 6.45) is 0.124. The van der Waals surface area contributed by atoms with E-state index in [0.717, 1.165) is 11.1 Å². The molecule has 0 bridgehead atoms. The van der Waals surface area contributed by atoms with Crippen LogP contribution < -0.4 is 14.8 Å². The summed E-state index contributed by atoms with van der Waals surface area (Å²) < 4.78 is 16.5. The Kier molecular flexibility index (Phi) is 4.98. The van der Waals surface area contributed by atoms with E-state index in [1.165, 1.54) is 0 Å². The van der Waals surface area contributed by atoms with E-state index >= 15 is 0 Å². The lowest BCUT2D eigenvalue weighted by atomic mass is 10.1. The van der Waals surface area contributed by atoms with E-state index in [4.69, 9.17) is 25.6 Å². The second-order valence-electron chi connectivity index (χ2n) is 6.09. The van der Waals surface area contributed by atoms with Crippen LogP contribution in [0.4, 0.5) is 0 Å². The summed E-state index contributed by atoms with van der Waals surface area (Å²) in [7, 11) is 0. The van der Waals surface area contributed by atoms with Gasteiger partial charge in [-0.2, -0.15) is 0 Å². The molecule has 1 aliphatic rings. The Morgan fingerprint density at radius 1 is 1.07 bits per heavy atom. The Balaban J connectivity index is 1.39. The van der Waals surface area contributed by atoms with Gasteiger partial charge in [-0.25, -0.2) is 0 Å². The van der Waals surface area contributed by atoms with Crippen molar-refractivity contribution in [2.45, 2.75) is 13.0 Å². The first kappa shape index (κ1) is 17.4. The van der Waals surface area contributed by atoms with Gasteiger partial charge >= 0.3 is 0 Å². The molecule has 1 N–H and O–H groups in total. The number of nitrogens with one attached hydrogen (secondary N) is 1. The summed E-state index contributed by atoms with van der Waals surface area (Å²) in [6, 6.07) is 14.7. The van der Waals surface area contributed by atoms with Gasteiger partial charge in [0.15, 0.2) is 17.3 Å². The molecule has 1 aliphatic heterocycles. The number of hydrogen-bond acceptors (Lipinski definition) is 5. The summed E-state index contributed by atoms with van der Waals surface area (Å²) in [5, 5.41) is 7.44. The lowest BCUT2D eigenvalue weighted by molar-refractivity contribution is -0.120. The summed E-state index contributed by atoms with van der Waals surface area (Å²) in [5.41, 5.74) is 2.23. The summed E-state index contributed by atoms with van der Waals surface area (Å²) in [5.74, 6) is 1.80. The Morgan fingerprint density at radius 3 is 2.74 bits per heavy atom. The zero-order valence-corrected chi connectivity index (χ0v) is 15.2. The molecule has 6 nitrogen and oxygen atoms in total. The predicted octanol–water partition coefficient (Wildman–Crippen LogP) is 3.63. The average Bonchev–Trinajstić information content (AvgIpc) is 3.15. The molecule has 0 aliphatic carbocycles. The minimum Gasteiger partial charge on any atom is -0.486 e. The molecule has 1 amide bonds. The van der Waals surface area contributed by atoms with Crippen LogP contribution in [0.3, 0.4) is 0 Å². The molecule has 3 aromatic rings. The van der Waals surface area contributed by atoms with Crippen molar-refractivity contribution in [3.63, 3.8) is 0 Å². The van der Waals surface area contributed by atoms with Crippen molar-refractivity contribution in [1.82, 2.24) is 10.5 Å². The molecule has 0 spiro atoms. The molecule has 4 rings (SSSR count). The molecule has 0 unspecified atom stereocenters. The van der Waals surface area contributed by atoms with Gasteiger partial charge in [-0.1, -0.05) is 35.0 Å². The maximum atomic E-state index is 12.2. The molecular formula is C20H17ClN2O4. The standard InChI is InChI=1S/C20H17ClN2O4/c21-16-4-2-1-3-14(16)12-22-20(24)11-15-10-18(27-23-15)13-5-6-17-19(9-13)26-8-7-25-17/h1-6,9-10H,7-8,11-12H2,(H,22,24). The average molecular weight is 385 g/mol. The first-order valence-corrected chi connectivity index (χ1v) is 8.92. The van der Waals surface area contributed by atoms with Crippen molar-refractivity contribution in [3.8, 4) is 22.8 Å². The first-order chi connectivity index (χ1) is 13.2. The van der Waals surface area contributed by atoms with E-state index in [-0.39, 0.29) is 12.3 Å². The van der Waals surface area contributed by atoms with E-state index in [0.29, 0.717) is 47.7 Å². The van der Waals surface area contributed by atoms with Gasteiger partial charge in [-0.05, 0) is 29.8 Å². The molecule has 138 valence electrons. The Hall–Kier alpha value is -2.99. The fraction of sp³-hybridized carbons (Fsp3) is 0.200. The van der Waals surface area contributed by atoms with Gasteiger partial charge in [-0.15, -0.1) is 0 Å². The van der Waals surface area contributed by atoms with Crippen LogP contribution in [-0.2, 0) is 17.8 Å². The smallest absolute Gasteiger partial charge is 0.226 e. The Bertz CT molecular complexity index is 970. The fourth-order valence-electron chi connectivity index (χ4n) is 2.79. The number of nitrogens with zero attached hydrogens (tertiary/aromatic N) is 1. The summed E-state index contributed by atoms with van der Waals surface area (Å²) >= 11 is 6.09. The van der Waals surface area contributed by atoms with Crippen LogP contribution in [0.5, 0.6) is 11.5 Å². The van der Waals surface area contributed by atoms with E-state index in [9.17, 15) is 4.79 Å². The highest BCUT2D eigenvalue weighted by Gasteiger charge is 2.15. The van der Waals surface area contributed by atoms with E-state index in [2.05, 4.69) is 10.5 Å². The highest BCUT2D eigenvalue weighted by molar-refractivity contribution is 6.31. The van der Waals surface area contributed by atoms with E-state index < -0.39 is 0 Å². The molecule has 7 heteroatoms. The molecule has 0 saturated carbocycles. The third-order valence-electron chi connectivity index (χ3n) is 4.16. The van der Waals surface area contributed by atoms with Crippen LogP contribution in [0.25, 0.3) is 11.3 Å². The van der Waals surface area contributed by atoms with Gasteiger partial charge in [0.05, 0.1) is 12.1 Å². The number of aromatic nitrogens is 1. The fourth-order valence-corrected chi connectivity index (χ4v) is 2.99. The number of carbonyl (C=O) groups is 1. The number of carbonyl (C=O) groups excluding carboxylic acids is 1. The number of amides is 1. The molecule has 0 atom stereocenters. The first-order valence-electron chi connectivity index (χ1n) is 8.55. The number of fused-ring (bicyclic) bond motifs is 1. The van der Waals surface area contributed by atoms with Gasteiger partial charge in [0, 0.05) is 23.2 Å². The lowest BCUT2D eigenvalue weighted by Gasteiger charge is -2.18. The molecule has 1 aromatic heterocycles. The van der Waals surface area contributed by atoms with E-state index in [1.807, 2.05) is 36.4 Å². The molecule has 0 radical (unpaired) electrons. The normalized spacial score (nSPS) is 12.6. The van der Waals surface area contributed by atoms with Crippen molar-refractivity contribution in [2.24, 2.45) is 0 Å². The minimum absolute atomic E-state index is 0.124. The number of ether oxygens (including phenoxy) is 2. The Morgan fingerprint density at radius 2 is 1.89 bits per heavy atom. The maximum Gasteiger partial charge on any atom is 0.226 e. The molecule has 0 saturated heterocycles. The van der Waals surface area contributed by atoms with E-state index in [1.54, 1.807) is 12.1 Å². The molecule has 2 heterocycles.